The van der Waals surface area contributed by atoms with Crippen molar-refractivity contribution < 1.29 is 0 Å². The van der Waals surface area contributed by atoms with Crippen LogP contribution in [-0.2, 0) is 13.1 Å². The van der Waals surface area contributed by atoms with Gasteiger partial charge in [0.1, 0.15) is 17.6 Å². The molecule has 2 heterocycles. The van der Waals surface area contributed by atoms with Crippen molar-refractivity contribution in [3.05, 3.63) is 82.5 Å². The van der Waals surface area contributed by atoms with E-state index in [0.717, 1.165) is 44.1 Å². The van der Waals surface area contributed by atoms with Crippen LogP contribution in [0.5, 0.6) is 0 Å². The van der Waals surface area contributed by atoms with Gasteiger partial charge in [-0.3, -0.25) is 4.90 Å². The second kappa shape index (κ2) is 8.60. The minimum Gasteiger partial charge on any atom is -0.396 e. The molecule has 1 aliphatic rings. The average molecular weight is 406 g/mol. The van der Waals surface area contributed by atoms with Gasteiger partial charge in [0.15, 0.2) is 0 Å². The summed E-state index contributed by atoms with van der Waals surface area (Å²) in [5.41, 5.74) is 10.00. The van der Waals surface area contributed by atoms with Gasteiger partial charge in [-0.05, 0) is 29.3 Å². The lowest BCUT2D eigenvalue weighted by molar-refractivity contribution is 0.249. The third kappa shape index (κ3) is 4.40. The Kier molecular flexibility index (Phi) is 5.75. The molecule has 1 aromatic heterocycles. The summed E-state index contributed by atoms with van der Waals surface area (Å²) in [6.45, 7) is 5.24. The van der Waals surface area contributed by atoms with Gasteiger partial charge >= 0.3 is 0 Å². The lowest BCUT2D eigenvalue weighted by Crippen LogP contribution is -2.46. The van der Waals surface area contributed by atoms with Crippen LogP contribution in [0.1, 0.15) is 16.8 Å². The maximum atomic E-state index is 9.61. The van der Waals surface area contributed by atoms with Crippen molar-refractivity contribution in [2.75, 3.05) is 36.8 Å². The van der Waals surface area contributed by atoms with Gasteiger partial charge in [0.05, 0.1) is 12.2 Å². The summed E-state index contributed by atoms with van der Waals surface area (Å²) in [4.78, 5) is 4.76. The first-order valence-corrected chi connectivity index (χ1v) is 10.2. The van der Waals surface area contributed by atoms with E-state index in [-0.39, 0.29) is 0 Å². The molecule has 0 bridgehead atoms. The fourth-order valence-electron chi connectivity index (χ4n) is 3.90. The molecule has 0 unspecified atom stereocenters. The highest BCUT2D eigenvalue weighted by molar-refractivity contribution is 6.30. The minimum absolute atomic E-state index is 0.583. The highest BCUT2D eigenvalue weighted by Gasteiger charge is 2.23. The second-order valence-electron chi connectivity index (χ2n) is 7.38. The number of nitriles is 1. The van der Waals surface area contributed by atoms with Crippen LogP contribution < -0.4 is 10.6 Å². The number of nitrogens with zero attached hydrogens (tertiary/aromatic N) is 4. The third-order valence-electron chi connectivity index (χ3n) is 5.39. The van der Waals surface area contributed by atoms with Crippen LogP contribution >= 0.6 is 11.6 Å². The van der Waals surface area contributed by atoms with Crippen LogP contribution in [0.25, 0.3) is 0 Å². The van der Waals surface area contributed by atoms with E-state index < -0.39 is 0 Å². The van der Waals surface area contributed by atoms with E-state index in [4.69, 9.17) is 17.3 Å². The Labute approximate surface area is 176 Å². The number of rotatable bonds is 5. The lowest BCUT2D eigenvalue weighted by atomic mass is 10.2. The van der Waals surface area contributed by atoms with Crippen molar-refractivity contribution in [1.82, 2.24) is 9.47 Å². The van der Waals surface area contributed by atoms with Gasteiger partial charge < -0.3 is 15.2 Å². The molecule has 0 amide bonds. The van der Waals surface area contributed by atoms with Gasteiger partial charge in [-0.25, -0.2) is 0 Å². The number of piperazine rings is 1. The Morgan fingerprint density at radius 1 is 0.897 bits per heavy atom. The number of aromatic nitrogens is 1. The van der Waals surface area contributed by atoms with Gasteiger partial charge in [-0.1, -0.05) is 54.1 Å². The van der Waals surface area contributed by atoms with Gasteiger partial charge in [0, 0.05) is 37.7 Å². The molecule has 2 N–H and O–H groups in total. The van der Waals surface area contributed by atoms with Crippen molar-refractivity contribution in [2.24, 2.45) is 0 Å². The molecule has 1 saturated heterocycles. The molecule has 3 aromatic rings. The minimum atomic E-state index is 0.583. The maximum Gasteiger partial charge on any atom is 0.133 e. The first kappa shape index (κ1) is 19.4. The summed E-state index contributed by atoms with van der Waals surface area (Å²) in [5, 5.41) is 10.3. The van der Waals surface area contributed by atoms with Gasteiger partial charge in [0.2, 0.25) is 0 Å². The lowest BCUT2D eigenvalue weighted by Gasteiger charge is -2.36. The van der Waals surface area contributed by atoms with Crippen LogP contribution in [0.15, 0.2) is 60.7 Å². The number of benzene rings is 2. The summed E-state index contributed by atoms with van der Waals surface area (Å²) in [6, 6.07) is 22.3. The van der Waals surface area contributed by atoms with Crippen molar-refractivity contribution in [3.8, 4) is 6.07 Å². The summed E-state index contributed by atoms with van der Waals surface area (Å²) >= 11 is 6.01. The summed E-state index contributed by atoms with van der Waals surface area (Å²) in [6.07, 6.45) is 0. The molecule has 0 radical (unpaired) electrons. The average Bonchev–Trinajstić information content (AvgIpc) is 3.06. The van der Waals surface area contributed by atoms with E-state index in [0.29, 0.717) is 22.9 Å². The Bertz CT molecular complexity index is 996. The third-order valence-corrected chi connectivity index (χ3v) is 5.64. The maximum absolute atomic E-state index is 9.61. The quantitative estimate of drug-likeness (QED) is 0.697. The smallest absolute Gasteiger partial charge is 0.133 e. The molecule has 2 aromatic carbocycles. The molecule has 1 aliphatic heterocycles. The van der Waals surface area contributed by atoms with E-state index >= 15 is 0 Å². The van der Waals surface area contributed by atoms with Crippen LogP contribution in [0, 0.1) is 11.3 Å². The molecule has 0 aliphatic carbocycles. The summed E-state index contributed by atoms with van der Waals surface area (Å²) < 4.78 is 2.02. The van der Waals surface area contributed by atoms with E-state index in [1.54, 1.807) is 6.07 Å². The standard InChI is InChI=1S/C23H24ClN5/c24-20-8-6-19(7-9-20)17-29-21(15-25)14-22(26)23(29)28-12-10-27(11-13-28)16-18-4-2-1-3-5-18/h1-9,14H,10-13,16-17,26H2. The molecule has 0 atom stereocenters. The molecule has 29 heavy (non-hydrogen) atoms. The van der Waals surface area contributed by atoms with Crippen LogP contribution in [0.3, 0.4) is 0 Å². The molecule has 0 saturated carbocycles. The van der Waals surface area contributed by atoms with E-state index in [9.17, 15) is 5.26 Å². The molecule has 1 fully saturated rings. The van der Waals surface area contributed by atoms with Crippen molar-refractivity contribution in [2.45, 2.75) is 13.1 Å². The molecule has 6 heteroatoms. The zero-order chi connectivity index (χ0) is 20.2. The highest BCUT2D eigenvalue weighted by Crippen LogP contribution is 2.30. The fourth-order valence-corrected chi connectivity index (χ4v) is 4.02. The summed E-state index contributed by atoms with van der Waals surface area (Å²) in [7, 11) is 0. The molecule has 4 rings (SSSR count). The van der Waals surface area contributed by atoms with E-state index in [1.165, 1.54) is 5.56 Å². The first-order valence-electron chi connectivity index (χ1n) is 9.79. The number of hydrogen-bond donors (Lipinski definition) is 1. The molecule has 5 nitrogen and oxygen atoms in total. The fraction of sp³-hybridized carbons (Fsp3) is 0.261. The predicted molar refractivity (Wildman–Crippen MR) is 118 cm³/mol. The van der Waals surface area contributed by atoms with Gasteiger partial charge in [-0.15, -0.1) is 0 Å². The van der Waals surface area contributed by atoms with Crippen LogP contribution in [0.4, 0.5) is 11.5 Å². The Morgan fingerprint density at radius 3 is 2.21 bits per heavy atom. The van der Waals surface area contributed by atoms with Crippen molar-refractivity contribution >= 4 is 23.1 Å². The Balaban J connectivity index is 1.50. The molecule has 148 valence electrons. The Morgan fingerprint density at radius 2 is 1.55 bits per heavy atom. The summed E-state index contributed by atoms with van der Waals surface area (Å²) in [5.74, 6) is 0.941. The largest absolute Gasteiger partial charge is 0.396 e. The van der Waals surface area contributed by atoms with Crippen molar-refractivity contribution in [3.63, 3.8) is 0 Å². The van der Waals surface area contributed by atoms with Crippen molar-refractivity contribution in [1.29, 1.82) is 5.26 Å². The normalized spacial score (nSPS) is 14.7. The first-order chi connectivity index (χ1) is 14.1. The monoisotopic (exact) mass is 405 g/mol. The predicted octanol–water partition coefficient (Wildman–Crippen LogP) is 3.97. The van der Waals surface area contributed by atoms with E-state index in [1.807, 2.05) is 34.9 Å². The van der Waals surface area contributed by atoms with Gasteiger partial charge in [0.25, 0.3) is 0 Å². The number of hydrogen-bond acceptors (Lipinski definition) is 4. The highest BCUT2D eigenvalue weighted by atomic mass is 35.5. The Hall–Kier alpha value is -2.94. The number of nitrogen functional groups attached to an aromatic ring is 1. The zero-order valence-electron chi connectivity index (χ0n) is 16.3. The molecular formula is C23H24ClN5. The van der Waals surface area contributed by atoms with Crippen LogP contribution in [0.2, 0.25) is 5.02 Å². The second-order valence-corrected chi connectivity index (χ2v) is 7.82. The number of halogens is 1. The topological polar surface area (TPSA) is 61.2 Å². The van der Waals surface area contributed by atoms with Crippen LogP contribution in [-0.4, -0.2) is 35.6 Å². The molecular weight excluding hydrogens is 382 g/mol. The van der Waals surface area contributed by atoms with E-state index in [2.05, 4.69) is 40.1 Å². The number of anilines is 2. The number of nitrogens with two attached hydrogens (primary N) is 1. The SMILES string of the molecule is N#Cc1cc(N)c(N2CCN(Cc3ccccc3)CC2)n1Cc1ccc(Cl)cc1. The van der Waals surface area contributed by atoms with Gasteiger partial charge in [-0.2, -0.15) is 5.26 Å². The zero-order valence-corrected chi connectivity index (χ0v) is 17.0. The molecule has 0 spiro atoms.